The highest BCUT2D eigenvalue weighted by molar-refractivity contribution is 7.92. The van der Waals surface area contributed by atoms with Crippen LogP contribution in [0.25, 0.3) is 0 Å². The predicted molar refractivity (Wildman–Crippen MR) is 101 cm³/mol. The van der Waals surface area contributed by atoms with Crippen LogP contribution in [0.3, 0.4) is 0 Å². The Bertz CT molecular complexity index is 909. The molecular formula is C18H20ClN3O3S. The predicted octanol–water partition coefficient (Wildman–Crippen LogP) is 3.06. The summed E-state index contributed by atoms with van der Waals surface area (Å²) in [5, 5.41) is 0.326. The number of sulfonamides is 1. The molecule has 2 aromatic rings. The number of rotatable bonds is 5. The fraction of sp³-hybridized carbons (Fsp3) is 0.333. The second kappa shape index (κ2) is 7.73. The van der Waals surface area contributed by atoms with Gasteiger partial charge >= 0.3 is 0 Å². The van der Waals surface area contributed by atoms with E-state index in [2.05, 4.69) is 14.6 Å². The third-order valence-electron chi connectivity index (χ3n) is 4.44. The molecule has 1 saturated heterocycles. The lowest BCUT2D eigenvalue weighted by Gasteiger charge is -2.27. The van der Waals surface area contributed by atoms with Gasteiger partial charge in [-0.05, 0) is 63.3 Å². The van der Waals surface area contributed by atoms with Gasteiger partial charge in [-0.3, -0.25) is 9.52 Å². The molecule has 0 atom stereocenters. The van der Waals surface area contributed by atoms with Crippen molar-refractivity contribution < 1.29 is 13.2 Å². The smallest absolute Gasteiger partial charge is 0.263 e. The van der Waals surface area contributed by atoms with Crippen LogP contribution in [0.1, 0.15) is 23.3 Å². The number of nitrogens with zero attached hydrogens (tertiary/aromatic N) is 2. The fourth-order valence-corrected chi connectivity index (χ4v) is 4.24. The van der Waals surface area contributed by atoms with Gasteiger partial charge in [0.15, 0.2) is 5.78 Å². The van der Waals surface area contributed by atoms with Crippen LogP contribution >= 0.6 is 11.6 Å². The average Bonchev–Trinajstić information content (AvgIpc) is 2.62. The number of pyridine rings is 1. The van der Waals surface area contributed by atoms with Gasteiger partial charge in [0.2, 0.25) is 0 Å². The number of Topliss-reactive ketones (excluding diaryl/α,β-unsaturated/α-hetero) is 1. The van der Waals surface area contributed by atoms with E-state index in [0.717, 1.165) is 25.9 Å². The molecule has 0 radical (unpaired) electrons. The summed E-state index contributed by atoms with van der Waals surface area (Å²) in [6, 6.07) is 10.7. The highest BCUT2D eigenvalue weighted by atomic mass is 35.5. The number of anilines is 1. The number of piperidine rings is 1. The van der Waals surface area contributed by atoms with E-state index in [9.17, 15) is 13.2 Å². The van der Waals surface area contributed by atoms with E-state index in [1.807, 2.05) is 7.05 Å². The first kappa shape index (κ1) is 18.8. The van der Waals surface area contributed by atoms with Crippen molar-refractivity contribution in [2.75, 3.05) is 24.9 Å². The van der Waals surface area contributed by atoms with Gasteiger partial charge in [-0.1, -0.05) is 23.7 Å². The molecule has 1 fully saturated rings. The Labute approximate surface area is 158 Å². The Hall–Kier alpha value is -1.96. The molecule has 3 rings (SSSR count). The molecular weight excluding hydrogens is 374 g/mol. The zero-order valence-electron chi connectivity index (χ0n) is 14.4. The first-order chi connectivity index (χ1) is 12.3. The normalized spacial score (nSPS) is 16.4. The van der Waals surface area contributed by atoms with Crippen LogP contribution in [0.4, 0.5) is 5.82 Å². The van der Waals surface area contributed by atoms with Gasteiger partial charge in [0.1, 0.15) is 11.5 Å². The van der Waals surface area contributed by atoms with E-state index in [1.54, 1.807) is 24.3 Å². The molecule has 1 aliphatic rings. The number of hydrogen-bond acceptors (Lipinski definition) is 5. The van der Waals surface area contributed by atoms with Crippen LogP contribution in [0.2, 0.25) is 5.02 Å². The molecule has 138 valence electrons. The second-order valence-corrected chi connectivity index (χ2v) is 8.53. The quantitative estimate of drug-likeness (QED) is 0.790. The Morgan fingerprint density at radius 1 is 1.19 bits per heavy atom. The van der Waals surface area contributed by atoms with E-state index in [4.69, 9.17) is 11.6 Å². The lowest BCUT2D eigenvalue weighted by molar-refractivity contribution is 0.0851. The van der Waals surface area contributed by atoms with Crippen LogP contribution in [0, 0.1) is 5.92 Å². The van der Waals surface area contributed by atoms with Crippen LogP contribution in [0.15, 0.2) is 47.4 Å². The summed E-state index contributed by atoms with van der Waals surface area (Å²) in [5.74, 6) is 0.00384. The Morgan fingerprint density at radius 2 is 1.88 bits per heavy atom. The van der Waals surface area contributed by atoms with Crippen molar-refractivity contribution in [3.05, 3.63) is 53.2 Å². The summed E-state index contributed by atoms with van der Waals surface area (Å²) in [5.41, 5.74) is 0.283. The van der Waals surface area contributed by atoms with E-state index in [0.29, 0.717) is 5.02 Å². The van der Waals surface area contributed by atoms with Crippen LogP contribution in [-0.4, -0.2) is 44.2 Å². The van der Waals surface area contributed by atoms with Crippen LogP contribution in [0.5, 0.6) is 0 Å². The number of aromatic nitrogens is 1. The number of hydrogen-bond donors (Lipinski definition) is 1. The van der Waals surface area contributed by atoms with Crippen molar-refractivity contribution in [2.45, 2.75) is 17.7 Å². The highest BCUT2D eigenvalue weighted by Crippen LogP contribution is 2.22. The van der Waals surface area contributed by atoms with Crippen LogP contribution in [-0.2, 0) is 10.0 Å². The number of halogens is 1. The summed E-state index contributed by atoms with van der Waals surface area (Å²) in [4.78, 5) is 19.1. The average molecular weight is 394 g/mol. The Balaban J connectivity index is 1.78. The van der Waals surface area contributed by atoms with Crippen LogP contribution < -0.4 is 4.72 Å². The van der Waals surface area contributed by atoms with Gasteiger partial charge in [0.05, 0.1) is 4.90 Å². The molecule has 1 N–H and O–H groups in total. The molecule has 0 unspecified atom stereocenters. The van der Waals surface area contributed by atoms with Gasteiger partial charge in [0.25, 0.3) is 10.0 Å². The molecule has 6 nitrogen and oxygen atoms in total. The molecule has 26 heavy (non-hydrogen) atoms. The first-order valence-corrected chi connectivity index (χ1v) is 10.2. The molecule has 2 heterocycles. The fourth-order valence-electron chi connectivity index (χ4n) is 2.94. The van der Waals surface area contributed by atoms with Gasteiger partial charge < -0.3 is 4.90 Å². The summed E-state index contributed by atoms with van der Waals surface area (Å²) in [6.45, 7) is 1.75. The molecule has 0 amide bonds. The van der Waals surface area contributed by atoms with Gasteiger partial charge in [-0.15, -0.1) is 0 Å². The maximum absolute atomic E-state index is 12.7. The maximum atomic E-state index is 12.7. The van der Waals surface area contributed by atoms with E-state index in [1.165, 1.54) is 18.2 Å². The summed E-state index contributed by atoms with van der Waals surface area (Å²) >= 11 is 5.86. The van der Waals surface area contributed by atoms with E-state index < -0.39 is 10.0 Å². The first-order valence-electron chi connectivity index (χ1n) is 8.33. The van der Waals surface area contributed by atoms with E-state index >= 15 is 0 Å². The van der Waals surface area contributed by atoms with Crippen molar-refractivity contribution in [3.8, 4) is 0 Å². The number of ketones is 1. The second-order valence-electron chi connectivity index (χ2n) is 6.41. The minimum Gasteiger partial charge on any atom is -0.306 e. The number of benzene rings is 1. The Kier molecular flexibility index (Phi) is 5.60. The molecule has 0 saturated carbocycles. The summed E-state index contributed by atoms with van der Waals surface area (Å²) < 4.78 is 27.4. The number of carbonyl (C=O) groups excluding carboxylic acids is 1. The zero-order chi connectivity index (χ0) is 18.7. The van der Waals surface area contributed by atoms with E-state index in [-0.39, 0.29) is 28.1 Å². The molecule has 8 heteroatoms. The summed E-state index contributed by atoms with van der Waals surface area (Å²) in [6.07, 6.45) is 1.57. The van der Waals surface area contributed by atoms with Crippen molar-refractivity contribution >= 4 is 33.2 Å². The molecule has 1 aliphatic heterocycles. The molecule has 0 spiro atoms. The number of nitrogens with one attached hydrogen (secondary N) is 1. The molecule has 0 bridgehead atoms. The topological polar surface area (TPSA) is 79.4 Å². The van der Waals surface area contributed by atoms with Crippen molar-refractivity contribution in [3.63, 3.8) is 0 Å². The number of carbonyl (C=O) groups is 1. The maximum Gasteiger partial charge on any atom is 0.263 e. The van der Waals surface area contributed by atoms with Gasteiger partial charge in [-0.25, -0.2) is 13.4 Å². The molecule has 0 aliphatic carbocycles. The number of likely N-dealkylation sites (tertiary alicyclic amines) is 1. The van der Waals surface area contributed by atoms with Gasteiger partial charge in [-0.2, -0.15) is 0 Å². The minimum absolute atomic E-state index is 0.0399. The molecule has 1 aromatic heterocycles. The lowest BCUT2D eigenvalue weighted by Crippen LogP contribution is -2.33. The van der Waals surface area contributed by atoms with Crippen molar-refractivity contribution in [1.82, 2.24) is 9.88 Å². The van der Waals surface area contributed by atoms with Crippen molar-refractivity contribution in [1.29, 1.82) is 0 Å². The highest BCUT2D eigenvalue weighted by Gasteiger charge is 2.25. The lowest BCUT2D eigenvalue weighted by atomic mass is 9.91. The monoisotopic (exact) mass is 393 g/mol. The summed E-state index contributed by atoms with van der Waals surface area (Å²) in [7, 11) is -1.79. The minimum atomic E-state index is -3.83. The third-order valence-corrected chi connectivity index (χ3v) is 6.02. The molecule has 1 aromatic carbocycles. The SMILES string of the molecule is CN1CCC(C(=O)c2cccc(NS(=O)(=O)c3cccc(Cl)c3)n2)CC1. The Morgan fingerprint density at radius 3 is 2.58 bits per heavy atom. The van der Waals surface area contributed by atoms with Gasteiger partial charge in [0, 0.05) is 10.9 Å². The zero-order valence-corrected chi connectivity index (χ0v) is 15.9. The van der Waals surface area contributed by atoms with Crippen molar-refractivity contribution in [2.24, 2.45) is 5.92 Å². The standard InChI is InChI=1S/C18H20ClN3O3S/c1-22-10-8-13(9-11-22)18(23)16-6-3-7-17(20-16)21-26(24,25)15-5-2-4-14(19)12-15/h2-7,12-13H,8-11H2,1H3,(H,20,21). The largest absolute Gasteiger partial charge is 0.306 e. The third kappa shape index (κ3) is 4.41.